The van der Waals surface area contributed by atoms with Gasteiger partial charge in [-0.05, 0) is 60.7 Å². The molecular formula is C26H18Cl2F2O. The van der Waals surface area contributed by atoms with E-state index in [1.807, 2.05) is 30.3 Å². The molecule has 0 N–H and O–H groups in total. The zero-order valence-electron chi connectivity index (χ0n) is 16.4. The van der Waals surface area contributed by atoms with Gasteiger partial charge in [0.1, 0.15) is 11.6 Å². The Balaban J connectivity index is 1.83. The Bertz CT molecular complexity index is 1090. The Hall–Kier alpha value is -2.75. The number of benzene rings is 3. The van der Waals surface area contributed by atoms with Gasteiger partial charge < -0.3 is 0 Å². The van der Waals surface area contributed by atoms with E-state index < -0.39 is 11.6 Å². The van der Waals surface area contributed by atoms with E-state index in [-0.39, 0.29) is 32.9 Å². The number of halogens is 4. The molecule has 0 heterocycles. The van der Waals surface area contributed by atoms with E-state index in [1.54, 1.807) is 12.1 Å². The van der Waals surface area contributed by atoms with Gasteiger partial charge in [0.2, 0.25) is 0 Å². The number of hydrogen-bond donors (Lipinski definition) is 0. The standard InChI is InChI=1S/C26H18Cl2F2O/c27-22-8-4-10-24(29)20(22)14-18-12-17(16-6-2-1-3-7-16)13-19(26(18)31)15-21-23(28)9-5-11-25(21)30/h1-11,14-15,17H,12-13H2/b18-14+,19-15+. The van der Waals surface area contributed by atoms with E-state index in [0.717, 1.165) is 5.56 Å². The lowest BCUT2D eigenvalue weighted by atomic mass is 9.76. The van der Waals surface area contributed by atoms with Crippen LogP contribution in [0, 0.1) is 11.6 Å². The molecule has 0 spiro atoms. The average Bonchev–Trinajstić information content (AvgIpc) is 2.76. The van der Waals surface area contributed by atoms with Crippen LogP contribution in [0.1, 0.15) is 35.4 Å². The van der Waals surface area contributed by atoms with Gasteiger partial charge in [0.25, 0.3) is 0 Å². The van der Waals surface area contributed by atoms with Crippen molar-refractivity contribution in [1.29, 1.82) is 0 Å². The fraction of sp³-hybridized carbons (Fsp3) is 0.115. The largest absolute Gasteiger partial charge is 0.289 e. The molecule has 0 amide bonds. The molecule has 1 nitrogen and oxygen atoms in total. The zero-order valence-corrected chi connectivity index (χ0v) is 17.9. The molecular weight excluding hydrogens is 437 g/mol. The summed E-state index contributed by atoms with van der Waals surface area (Å²) in [5.74, 6) is -1.28. The molecule has 0 aliphatic heterocycles. The maximum Gasteiger partial charge on any atom is 0.185 e. The van der Waals surface area contributed by atoms with Crippen molar-refractivity contribution in [3.63, 3.8) is 0 Å². The zero-order chi connectivity index (χ0) is 22.0. The normalized spacial score (nSPS) is 19.2. The lowest BCUT2D eigenvalue weighted by molar-refractivity contribution is -0.113. The van der Waals surface area contributed by atoms with Crippen LogP contribution in [0.15, 0.2) is 77.9 Å². The topological polar surface area (TPSA) is 17.1 Å². The van der Waals surface area contributed by atoms with Gasteiger partial charge in [0.15, 0.2) is 5.78 Å². The van der Waals surface area contributed by atoms with Crippen molar-refractivity contribution in [2.45, 2.75) is 18.8 Å². The van der Waals surface area contributed by atoms with Gasteiger partial charge in [-0.15, -0.1) is 0 Å². The molecule has 4 rings (SSSR count). The van der Waals surface area contributed by atoms with Crippen molar-refractivity contribution < 1.29 is 13.6 Å². The fourth-order valence-electron chi connectivity index (χ4n) is 3.85. The SMILES string of the molecule is O=C1/C(=C/c2c(F)cccc2Cl)CC(c2ccccc2)C/C1=C\c1c(F)cccc1Cl. The van der Waals surface area contributed by atoms with Crippen molar-refractivity contribution >= 4 is 41.1 Å². The van der Waals surface area contributed by atoms with Crippen molar-refractivity contribution in [2.24, 2.45) is 0 Å². The maximum absolute atomic E-state index is 14.4. The molecule has 1 aliphatic carbocycles. The average molecular weight is 455 g/mol. The van der Waals surface area contributed by atoms with Gasteiger partial charge in [-0.2, -0.15) is 0 Å². The molecule has 0 unspecified atom stereocenters. The third kappa shape index (κ3) is 4.63. The number of hydrogen-bond acceptors (Lipinski definition) is 1. The van der Waals surface area contributed by atoms with Gasteiger partial charge in [-0.1, -0.05) is 65.7 Å². The third-order valence-electron chi connectivity index (χ3n) is 5.42. The van der Waals surface area contributed by atoms with Crippen LogP contribution in [-0.2, 0) is 4.79 Å². The molecule has 1 aliphatic rings. The Morgan fingerprint density at radius 2 is 1.19 bits per heavy atom. The number of allylic oxidation sites excluding steroid dienone is 2. The molecule has 3 aromatic carbocycles. The summed E-state index contributed by atoms with van der Waals surface area (Å²) in [6, 6.07) is 18.5. The van der Waals surface area contributed by atoms with Crippen LogP contribution in [0.4, 0.5) is 8.78 Å². The second-order valence-corrected chi connectivity index (χ2v) is 8.27. The highest BCUT2D eigenvalue weighted by molar-refractivity contribution is 6.33. The Kier molecular flexibility index (Phi) is 6.35. The summed E-state index contributed by atoms with van der Waals surface area (Å²) in [5.41, 5.74) is 2.23. The molecule has 1 fully saturated rings. The summed E-state index contributed by atoms with van der Waals surface area (Å²) in [4.78, 5) is 13.3. The molecule has 0 aromatic heterocycles. The summed E-state index contributed by atoms with van der Waals surface area (Å²) in [5, 5.41) is 0.453. The second-order valence-electron chi connectivity index (χ2n) is 7.45. The maximum atomic E-state index is 14.4. The van der Waals surface area contributed by atoms with E-state index in [4.69, 9.17) is 23.2 Å². The molecule has 5 heteroatoms. The number of Topliss-reactive ketones (excluding diaryl/α,β-unsaturated/α-hetero) is 1. The van der Waals surface area contributed by atoms with Crippen LogP contribution in [0.2, 0.25) is 10.0 Å². The van der Waals surface area contributed by atoms with E-state index in [2.05, 4.69) is 0 Å². The Labute approximate surface area is 189 Å². The first-order valence-corrected chi connectivity index (χ1v) is 10.6. The van der Waals surface area contributed by atoms with Crippen LogP contribution in [-0.4, -0.2) is 5.78 Å². The smallest absolute Gasteiger partial charge is 0.185 e. The van der Waals surface area contributed by atoms with Gasteiger partial charge in [-0.3, -0.25) is 4.79 Å². The van der Waals surface area contributed by atoms with Crippen molar-refractivity contribution in [2.75, 3.05) is 0 Å². The van der Waals surface area contributed by atoms with Crippen molar-refractivity contribution in [3.8, 4) is 0 Å². The fourth-order valence-corrected chi connectivity index (χ4v) is 4.29. The summed E-state index contributed by atoms with van der Waals surface area (Å²) >= 11 is 12.4. The molecule has 3 aromatic rings. The van der Waals surface area contributed by atoms with Crippen LogP contribution in [0.5, 0.6) is 0 Å². The van der Waals surface area contributed by atoms with E-state index in [9.17, 15) is 13.6 Å². The number of carbonyl (C=O) groups excluding carboxylic acids is 1. The van der Waals surface area contributed by atoms with E-state index >= 15 is 0 Å². The number of carbonyl (C=O) groups is 1. The summed E-state index contributed by atoms with van der Waals surface area (Å²) < 4.78 is 28.8. The lowest BCUT2D eigenvalue weighted by Gasteiger charge is -2.26. The van der Waals surface area contributed by atoms with E-state index in [0.29, 0.717) is 24.0 Å². The summed E-state index contributed by atoms with van der Waals surface area (Å²) in [6.45, 7) is 0. The number of rotatable bonds is 3. The number of ketones is 1. The van der Waals surface area contributed by atoms with E-state index in [1.165, 1.54) is 36.4 Å². The van der Waals surface area contributed by atoms with Gasteiger partial charge in [0.05, 0.1) is 10.0 Å². The van der Waals surface area contributed by atoms with Crippen molar-refractivity contribution in [3.05, 3.63) is 116 Å². The van der Waals surface area contributed by atoms with Crippen LogP contribution < -0.4 is 0 Å². The molecule has 0 radical (unpaired) electrons. The second kappa shape index (κ2) is 9.17. The van der Waals surface area contributed by atoms with Gasteiger partial charge in [0, 0.05) is 22.3 Å². The summed E-state index contributed by atoms with van der Waals surface area (Å²) in [6.07, 6.45) is 3.86. The molecule has 0 saturated heterocycles. The third-order valence-corrected chi connectivity index (χ3v) is 6.08. The monoisotopic (exact) mass is 454 g/mol. The highest BCUT2D eigenvalue weighted by Gasteiger charge is 2.29. The highest BCUT2D eigenvalue weighted by atomic mass is 35.5. The molecule has 0 atom stereocenters. The predicted octanol–water partition coefficient (Wildman–Crippen LogP) is 7.89. The minimum atomic E-state index is -0.502. The molecule has 156 valence electrons. The minimum absolute atomic E-state index is 0.0208. The van der Waals surface area contributed by atoms with Crippen LogP contribution >= 0.6 is 23.2 Å². The van der Waals surface area contributed by atoms with Crippen LogP contribution in [0.25, 0.3) is 12.2 Å². The summed E-state index contributed by atoms with van der Waals surface area (Å²) in [7, 11) is 0. The van der Waals surface area contributed by atoms with Gasteiger partial charge >= 0.3 is 0 Å². The highest BCUT2D eigenvalue weighted by Crippen LogP contribution is 2.39. The Morgan fingerprint density at radius 3 is 1.65 bits per heavy atom. The van der Waals surface area contributed by atoms with Crippen LogP contribution in [0.3, 0.4) is 0 Å². The van der Waals surface area contributed by atoms with Gasteiger partial charge in [-0.25, -0.2) is 8.78 Å². The first-order chi connectivity index (χ1) is 14.9. The quantitative estimate of drug-likeness (QED) is 0.367. The molecule has 0 bridgehead atoms. The molecule has 31 heavy (non-hydrogen) atoms. The first kappa shape index (κ1) is 21.5. The minimum Gasteiger partial charge on any atom is -0.289 e. The van der Waals surface area contributed by atoms with Crippen molar-refractivity contribution in [1.82, 2.24) is 0 Å². The lowest BCUT2D eigenvalue weighted by Crippen LogP contribution is -2.19. The first-order valence-electron chi connectivity index (χ1n) is 9.83. The Morgan fingerprint density at radius 1 is 0.710 bits per heavy atom. The molecule has 1 saturated carbocycles. The predicted molar refractivity (Wildman–Crippen MR) is 122 cm³/mol.